The summed E-state index contributed by atoms with van der Waals surface area (Å²) in [6.45, 7) is 8.62. The maximum absolute atomic E-state index is 14.3. The van der Waals surface area contributed by atoms with Crippen LogP contribution in [0.2, 0.25) is 0 Å². The number of nitrogens with two attached hydrogens (primary N) is 5. The molecule has 0 amide bonds. The van der Waals surface area contributed by atoms with Crippen molar-refractivity contribution in [3.63, 3.8) is 0 Å². The molecular weight excluding hydrogens is 1780 g/mol. The molecule has 42 heteroatoms. The highest BCUT2D eigenvalue weighted by molar-refractivity contribution is 6.07. The van der Waals surface area contributed by atoms with E-state index in [2.05, 4.69) is 35.4 Å². The number of halogens is 20. The molecule has 131 heavy (non-hydrogen) atoms. The molecule has 22 nitrogen and oxygen atoms in total. The number of hydroxylamine groups is 1. The molecule has 7 aliphatic carbocycles. The number of hydrogen-bond acceptors (Lipinski definition) is 21. The van der Waals surface area contributed by atoms with Crippen LogP contribution in [-0.4, -0.2) is 133 Å². The number of anilines is 1. The Hall–Kier alpha value is -11.4. The van der Waals surface area contributed by atoms with Gasteiger partial charge in [0.25, 0.3) is 68.7 Å². The monoisotopic (exact) mass is 1860 g/mol. The van der Waals surface area contributed by atoms with Crippen LogP contribution in [0.1, 0.15) is 128 Å². The van der Waals surface area contributed by atoms with Crippen molar-refractivity contribution in [3.05, 3.63) is 245 Å². The van der Waals surface area contributed by atoms with Gasteiger partial charge in [0.05, 0.1) is 29.6 Å². The minimum Gasteiger partial charge on any atom is -0.477 e. The number of hydrogen-bond donors (Lipinski definition) is 7. The highest BCUT2D eigenvalue weighted by atomic mass is 19.3. The van der Waals surface area contributed by atoms with Crippen LogP contribution in [0.3, 0.4) is 0 Å². The number of nitrogens with one attached hydrogen (secondary N) is 1. The normalized spacial score (nSPS) is 30.6. The molecule has 6 heterocycles. The number of benzene rings is 7. The van der Waals surface area contributed by atoms with E-state index < -0.39 is 178 Å². The molecule has 704 valence electrons. The molecule has 0 aromatic heterocycles. The smallest absolute Gasteiger partial charge is 0.283 e. The molecule has 0 bridgehead atoms. The van der Waals surface area contributed by atoms with Crippen LogP contribution in [0, 0.1) is 128 Å². The lowest BCUT2D eigenvalue weighted by molar-refractivity contribution is -0.385. The predicted octanol–water partition coefficient (Wildman–Crippen LogP) is 16.6. The van der Waals surface area contributed by atoms with E-state index >= 15 is 0 Å². The summed E-state index contributed by atoms with van der Waals surface area (Å²) in [7, 11) is 0. The maximum Gasteiger partial charge on any atom is 0.283 e. The minimum absolute atomic E-state index is 0.00556. The van der Waals surface area contributed by atoms with E-state index in [1.165, 1.54) is 114 Å². The average molecular weight is 1870 g/mol. The zero-order valence-electron chi connectivity index (χ0n) is 70.2. The number of carbonyl (C=O) groups excluding carboxylic acids is 1. The highest BCUT2D eigenvalue weighted by Gasteiger charge is 2.70. The number of oxime groups is 1. The molecule has 7 aromatic rings. The molecule has 20 rings (SSSR count). The number of ether oxygens (including phenoxy) is 4. The fourth-order valence-electron chi connectivity index (χ4n) is 18.5. The number of alkyl halides is 14. The van der Waals surface area contributed by atoms with Crippen molar-refractivity contribution in [2.75, 3.05) is 5.73 Å². The second-order valence-electron chi connectivity index (χ2n) is 34.2. The number of nitro groups is 1. The molecule has 13 aliphatic rings. The van der Waals surface area contributed by atoms with E-state index in [9.17, 15) is 108 Å². The summed E-state index contributed by atoms with van der Waals surface area (Å²) in [4.78, 5) is 47.9. The topological polar surface area (TPSA) is 340 Å². The van der Waals surface area contributed by atoms with Gasteiger partial charge in [-0.1, -0.05) is 84.0 Å². The van der Waals surface area contributed by atoms with Crippen molar-refractivity contribution in [1.82, 2.24) is 5.48 Å². The molecule has 6 aliphatic heterocycles. The van der Waals surface area contributed by atoms with E-state index in [0.717, 1.165) is 18.6 Å². The fourth-order valence-corrected chi connectivity index (χ4v) is 18.5. The molecular formula is C89H88F20N12O10. The number of aliphatic imine (C=N–C) groups is 4. The Kier molecular flexibility index (Phi) is 26.5. The molecule has 20 atom stereocenters. The number of ketones is 1. The number of nitrogen functional groups attached to an aromatic ring is 1. The average Bonchev–Trinajstić information content (AvgIpc) is 1.56. The number of Topliss-reactive ketones (excluding diaryl/α,β-unsaturated/α-hetero) is 1. The van der Waals surface area contributed by atoms with Gasteiger partial charge in [-0.3, -0.25) is 19.7 Å². The Morgan fingerprint density at radius 2 is 0.878 bits per heavy atom. The van der Waals surface area contributed by atoms with E-state index in [-0.39, 0.29) is 152 Å². The van der Waals surface area contributed by atoms with E-state index in [4.69, 9.17) is 52.5 Å². The third kappa shape index (κ3) is 17.7. The number of nitrogens with zero attached hydrogens (tertiary/aromatic N) is 6. The van der Waals surface area contributed by atoms with Gasteiger partial charge < -0.3 is 57.6 Å². The Labute approximate surface area is 734 Å². The third-order valence-electron chi connectivity index (χ3n) is 26.2. The van der Waals surface area contributed by atoms with Gasteiger partial charge in [-0.25, -0.2) is 108 Å². The second-order valence-corrected chi connectivity index (χ2v) is 34.2. The Morgan fingerprint density at radius 1 is 0.473 bits per heavy atom. The van der Waals surface area contributed by atoms with Gasteiger partial charge in [0.2, 0.25) is 0 Å². The highest BCUT2D eigenvalue weighted by Crippen LogP contribution is 2.62. The Balaban J connectivity index is 0.000000125. The molecule has 2 unspecified atom stereocenters. The molecule has 0 radical (unpaired) electrons. The van der Waals surface area contributed by atoms with Gasteiger partial charge in [-0.05, 0) is 190 Å². The van der Waals surface area contributed by atoms with Crippen LogP contribution in [0.25, 0.3) is 0 Å². The van der Waals surface area contributed by atoms with Gasteiger partial charge in [0.1, 0.15) is 82.2 Å². The molecule has 1 saturated heterocycles. The summed E-state index contributed by atoms with van der Waals surface area (Å²) in [5, 5.41) is 23.5. The first kappa shape index (κ1) is 95.7. The van der Waals surface area contributed by atoms with Crippen molar-refractivity contribution >= 4 is 46.8 Å². The molecule has 7 saturated carbocycles. The van der Waals surface area contributed by atoms with Crippen molar-refractivity contribution in [2.45, 2.75) is 214 Å². The SMILES string of the molecule is Cc1c(F)cc(N)cc1[C@@]1(C(F)F)N=C(N)O[C@@H]2C[C@@H]21.Cc1c(F)cc([N+](=O)[O-])cc1[C@@]1(C(F)F)N=C(N)O[C@@H]2C[C@@H]21.Cc1c(F)cccc1[C@@]1(C(F)F)N=C(CC(=O)c2ccccc2)O[C@@H]2C[C@@H]21.Cc1c(F)cccc1[C@@]1(C(F)F)N=C(N)O[C@@H]2C[C@@H]21.Cc1c(F)cccc1[C@@]1(C(F)F)NO[C@@H]2C[C@@H]21.Cc1c(F)cccc1[C@](N)(C(F)F)[C@H]1C[C@H]1O.FC(F)C1=NOC2CC12. The quantitative estimate of drug-likeness (QED) is 0.0138. The van der Waals surface area contributed by atoms with Gasteiger partial charge >= 0.3 is 0 Å². The van der Waals surface area contributed by atoms with Crippen LogP contribution in [0.4, 0.5) is 99.2 Å². The summed E-state index contributed by atoms with van der Waals surface area (Å²) in [6, 6.07) is 28.2. The zero-order chi connectivity index (χ0) is 95.3. The van der Waals surface area contributed by atoms with E-state index in [1.54, 1.807) is 36.4 Å². The predicted molar refractivity (Wildman–Crippen MR) is 434 cm³/mol. The van der Waals surface area contributed by atoms with Crippen molar-refractivity contribution in [2.24, 2.45) is 89.5 Å². The number of aliphatic hydroxyl groups is 1. The van der Waals surface area contributed by atoms with Gasteiger partial charge in [-0.15, -0.1) is 0 Å². The zero-order valence-corrected chi connectivity index (χ0v) is 70.2. The molecule has 12 N–H and O–H groups in total. The van der Waals surface area contributed by atoms with Crippen molar-refractivity contribution in [3.8, 4) is 0 Å². The largest absolute Gasteiger partial charge is 0.477 e. The Morgan fingerprint density at radius 3 is 1.27 bits per heavy atom. The second kappa shape index (κ2) is 36.3. The standard InChI is InChI=1S/C21H18F3NO2.C13H12F3N3O3.C13H14F3N3O.C13H13F3N2O.C12H12F3NO.C12H14F3NO.C5H5F2NO/c1-12-14(8-5-9-16(12)22)21(20(23)24)15-10-18(15)27-19(25-21)11-17(26)13-6-3-2-4-7-13;1-5-7(2-6(19(20)21)3-9(5)14)13(11(15)16)8-4-10(8)22-12(17)18-13;1-5-7(2-6(17)3-9(5)14)13(11(15)16)8-4-10(8)20-12(18)19-13;1-6-7(3-2-4-9(6)14)13(11(15)16)8-5-10(8)19-12(17)18-13;1-6-7(3-2-4-9(6)13)12(11(14)15)8-5-10(8)17-16-12;1-6-7(3-2-4-9(6)13)12(16,11(14)15)8-5-10(8)17;6-5(7)4-2-1-3(2)9-8-4/h2-9,15,18,20H,10-11H2,1H3;2-3,8,10-11H,4H2,1H3,(H2,17,18);2-3,8,10-11H,4,17H2,1H3,(H2,18,19);2-4,8,10-11H,5H2,1H3,(H2,17,18);2-4,8,10-11,16H,5H2,1H3;2-4,8,10-11,17H,5,16H2,1H3;2-3,5H,1H2/t15-,18+,21+;3*8-,10+,13+;2*8-,10+,12+;/m000000./s1. The fraction of sp³-hybridized carbons (Fsp3) is 0.461. The molecule has 7 aromatic carbocycles. The number of carbonyl (C=O) groups is 1. The van der Waals surface area contributed by atoms with Gasteiger partial charge in [-0.2, -0.15) is 5.48 Å². The summed E-state index contributed by atoms with van der Waals surface area (Å²) in [5.41, 5.74) is 20.3. The summed E-state index contributed by atoms with van der Waals surface area (Å²) in [6.07, 6.45) is -19.0. The van der Waals surface area contributed by atoms with Crippen LogP contribution < -0.4 is 34.1 Å². The van der Waals surface area contributed by atoms with E-state index in [0.29, 0.717) is 42.9 Å². The molecule has 8 fully saturated rings. The minimum atomic E-state index is -3.00. The van der Waals surface area contributed by atoms with E-state index in [1.807, 2.05) is 0 Å². The number of rotatable bonds is 18. The number of non-ortho nitro benzene ring substituents is 1. The lowest BCUT2D eigenvalue weighted by atomic mass is 9.82. The Bertz CT molecular complexity index is 5690. The molecule has 0 spiro atoms. The lowest BCUT2D eigenvalue weighted by Gasteiger charge is -2.35. The number of aliphatic hydroxyl groups excluding tert-OH is 1. The van der Waals surface area contributed by atoms with Crippen molar-refractivity contribution < 1.29 is 131 Å². The third-order valence-corrected chi connectivity index (χ3v) is 26.2. The van der Waals surface area contributed by atoms with Gasteiger partial charge in [0.15, 0.2) is 33.8 Å². The van der Waals surface area contributed by atoms with Crippen LogP contribution >= 0.6 is 0 Å². The van der Waals surface area contributed by atoms with Gasteiger partial charge in [0, 0.05) is 58.7 Å². The summed E-state index contributed by atoms with van der Waals surface area (Å²) >= 11 is 0. The van der Waals surface area contributed by atoms with Crippen LogP contribution in [0.5, 0.6) is 0 Å². The van der Waals surface area contributed by atoms with Crippen LogP contribution in [-0.2, 0) is 61.9 Å². The summed E-state index contributed by atoms with van der Waals surface area (Å²) < 4.78 is 291. The first-order valence-corrected chi connectivity index (χ1v) is 41.3. The number of amidine groups is 3. The number of fused-ring (bicyclic) bond motifs is 6. The van der Waals surface area contributed by atoms with Crippen molar-refractivity contribution in [1.29, 1.82) is 0 Å². The first-order valence-electron chi connectivity index (χ1n) is 41.3. The summed E-state index contributed by atoms with van der Waals surface area (Å²) in [5.74, 6) is -7.08. The number of nitro benzene ring substituents is 1. The maximum atomic E-state index is 14.3. The first-order chi connectivity index (χ1) is 61.8. The lowest BCUT2D eigenvalue weighted by Crippen LogP contribution is -2.47. The van der Waals surface area contributed by atoms with Crippen LogP contribution in [0.15, 0.2) is 153 Å².